The SMILES string of the molecule is C=CCC(/C=C/NC(C)=O)C1c2cc(-c3n[nH]c(CNC)n3)ccc2NN1C.CC.CC. The number of carbonyl (C=O) groups excluding carboxylic acids is 1. The lowest BCUT2D eigenvalue weighted by Crippen LogP contribution is -2.28. The fourth-order valence-corrected chi connectivity index (χ4v) is 3.50. The Balaban J connectivity index is 0.00000121. The number of aromatic nitrogens is 3. The lowest BCUT2D eigenvalue weighted by Gasteiger charge is -2.26. The topological polar surface area (TPSA) is 98.0 Å². The molecule has 0 bridgehead atoms. The van der Waals surface area contributed by atoms with E-state index in [4.69, 9.17) is 0 Å². The van der Waals surface area contributed by atoms with Crippen molar-refractivity contribution in [3.05, 3.63) is 54.5 Å². The average Bonchev–Trinajstić information content (AvgIpc) is 3.39. The molecule has 1 aromatic heterocycles. The summed E-state index contributed by atoms with van der Waals surface area (Å²) in [7, 11) is 3.89. The Morgan fingerprint density at radius 3 is 2.66 bits per heavy atom. The molecule has 1 aliphatic rings. The van der Waals surface area contributed by atoms with E-state index in [1.54, 1.807) is 6.20 Å². The maximum atomic E-state index is 11.2. The zero-order chi connectivity index (χ0) is 24.1. The van der Waals surface area contributed by atoms with Gasteiger partial charge in [-0.05, 0) is 37.2 Å². The first-order valence-corrected chi connectivity index (χ1v) is 11.3. The van der Waals surface area contributed by atoms with Gasteiger partial charge in [0.25, 0.3) is 0 Å². The third-order valence-electron chi connectivity index (χ3n) is 4.69. The van der Waals surface area contributed by atoms with Gasteiger partial charge < -0.3 is 16.1 Å². The standard InChI is InChI=1S/C20H27N7O.2C2H6/c1-5-6-14(9-10-22-13(2)28)19-16-11-15(7-8-17(16)26-27(19)4)20-23-18(12-21-3)24-25-20;2*1-2/h5,7-11,14,19,21,26H,1,6,12H2,2-4H3,(H,22,28)(H,23,24,25);2*1-2H3/b10-9+;;. The van der Waals surface area contributed by atoms with E-state index < -0.39 is 0 Å². The fourth-order valence-electron chi connectivity index (χ4n) is 3.50. The number of amides is 1. The predicted octanol–water partition coefficient (Wildman–Crippen LogP) is 4.40. The quantitative estimate of drug-likeness (QED) is 0.453. The summed E-state index contributed by atoms with van der Waals surface area (Å²) in [6, 6.07) is 6.29. The molecule has 3 rings (SSSR count). The van der Waals surface area contributed by atoms with Crippen LogP contribution in [0.1, 0.15) is 58.5 Å². The van der Waals surface area contributed by atoms with Crippen LogP contribution in [0.4, 0.5) is 5.69 Å². The highest BCUT2D eigenvalue weighted by molar-refractivity contribution is 5.73. The predicted molar refractivity (Wildman–Crippen MR) is 133 cm³/mol. The highest BCUT2D eigenvalue weighted by Gasteiger charge is 2.33. The van der Waals surface area contributed by atoms with Crippen molar-refractivity contribution in [2.45, 2.75) is 53.6 Å². The lowest BCUT2D eigenvalue weighted by atomic mass is 9.89. The van der Waals surface area contributed by atoms with Gasteiger partial charge in [-0.3, -0.25) is 9.89 Å². The van der Waals surface area contributed by atoms with E-state index in [2.05, 4.69) is 55.0 Å². The Bertz CT molecular complexity index is 875. The van der Waals surface area contributed by atoms with Crippen LogP contribution in [0.15, 0.2) is 43.1 Å². The number of nitrogens with one attached hydrogen (secondary N) is 4. The van der Waals surface area contributed by atoms with Crippen molar-refractivity contribution >= 4 is 11.6 Å². The van der Waals surface area contributed by atoms with Gasteiger partial charge in [-0.15, -0.1) is 6.58 Å². The second-order valence-electron chi connectivity index (χ2n) is 6.85. The van der Waals surface area contributed by atoms with Crippen LogP contribution >= 0.6 is 0 Å². The van der Waals surface area contributed by atoms with Crippen LogP contribution in [0.5, 0.6) is 0 Å². The molecule has 0 saturated carbocycles. The molecule has 0 radical (unpaired) electrons. The number of hydrogen-bond donors (Lipinski definition) is 4. The zero-order valence-electron chi connectivity index (χ0n) is 20.5. The molecule has 2 atom stereocenters. The molecule has 8 nitrogen and oxygen atoms in total. The first kappa shape index (κ1) is 27.1. The van der Waals surface area contributed by atoms with Gasteiger partial charge >= 0.3 is 0 Å². The number of rotatable bonds is 8. The summed E-state index contributed by atoms with van der Waals surface area (Å²) in [4.78, 5) is 15.7. The minimum Gasteiger partial charge on any atom is -0.333 e. The first-order chi connectivity index (χ1) is 15.5. The molecule has 176 valence electrons. The average molecular weight is 442 g/mol. The summed E-state index contributed by atoms with van der Waals surface area (Å²) in [5, 5.41) is 15.2. The van der Waals surface area contributed by atoms with Gasteiger partial charge in [0.2, 0.25) is 5.91 Å². The second kappa shape index (κ2) is 14.2. The number of allylic oxidation sites excluding steroid dienone is 1. The Kier molecular flexibility index (Phi) is 12.0. The van der Waals surface area contributed by atoms with Gasteiger partial charge in [0.15, 0.2) is 5.82 Å². The normalized spacial score (nSPS) is 15.5. The molecule has 0 aliphatic carbocycles. The third-order valence-corrected chi connectivity index (χ3v) is 4.69. The van der Waals surface area contributed by atoms with Crippen LogP contribution < -0.4 is 16.1 Å². The molecular weight excluding hydrogens is 402 g/mol. The Morgan fingerprint density at radius 2 is 2.03 bits per heavy atom. The number of hydrogen-bond acceptors (Lipinski definition) is 6. The van der Waals surface area contributed by atoms with Crippen molar-refractivity contribution in [1.82, 2.24) is 30.8 Å². The van der Waals surface area contributed by atoms with Crippen LogP contribution in [0.25, 0.3) is 11.4 Å². The summed E-state index contributed by atoms with van der Waals surface area (Å²) in [5.41, 5.74) is 6.60. The van der Waals surface area contributed by atoms with E-state index in [1.807, 2.05) is 60.0 Å². The fraction of sp³-hybridized carbons (Fsp3) is 0.458. The monoisotopic (exact) mass is 441 g/mol. The van der Waals surface area contributed by atoms with Crippen molar-refractivity contribution in [2.24, 2.45) is 5.92 Å². The van der Waals surface area contributed by atoms with Crippen LogP contribution in [0.2, 0.25) is 0 Å². The number of H-pyrrole nitrogens is 1. The molecule has 1 aromatic carbocycles. The molecule has 0 saturated heterocycles. The summed E-state index contributed by atoms with van der Waals surface area (Å²) in [5.74, 6) is 1.53. The highest BCUT2D eigenvalue weighted by Crippen LogP contribution is 2.42. The van der Waals surface area contributed by atoms with Crippen molar-refractivity contribution in [2.75, 3.05) is 19.5 Å². The molecule has 0 spiro atoms. The minimum absolute atomic E-state index is 0.0869. The van der Waals surface area contributed by atoms with Crippen LogP contribution in [-0.2, 0) is 11.3 Å². The molecule has 8 heteroatoms. The largest absolute Gasteiger partial charge is 0.333 e. The minimum atomic E-state index is -0.0869. The summed E-state index contributed by atoms with van der Waals surface area (Å²) < 4.78 is 0. The molecular formula is C24H39N7O. The highest BCUT2D eigenvalue weighted by atomic mass is 16.1. The molecule has 32 heavy (non-hydrogen) atoms. The molecule has 2 unspecified atom stereocenters. The van der Waals surface area contributed by atoms with Crippen molar-refractivity contribution in [3.8, 4) is 11.4 Å². The smallest absolute Gasteiger partial charge is 0.220 e. The molecule has 2 heterocycles. The number of fused-ring (bicyclic) bond motifs is 1. The summed E-state index contributed by atoms with van der Waals surface area (Å²) in [6.45, 7) is 14.0. The van der Waals surface area contributed by atoms with Crippen LogP contribution in [-0.4, -0.2) is 40.2 Å². The molecule has 1 aliphatic heterocycles. The maximum Gasteiger partial charge on any atom is 0.220 e. The molecule has 0 fully saturated rings. The summed E-state index contributed by atoms with van der Waals surface area (Å²) >= 11 is 0. The number of hydrazine groups is 1. The van der Waals surface area contributed by atoms with Gasteiger partial charge in [-0.2, -0.15) is 5.10 Å². The number of nitrogens with zero attached hydrogens (tertiary/aromatic N) is 3. The van der Waals surface area contributed by atoms with E-state index in [0.717, 1.165) is 23.5 Å². The number of carbonyl (C=O) groups is 1. The van der Waals surface area contributed by atoms with Gasteiger partial charge in [0.05, 0.1) is 18.3 Å². The number of benzene rings is 1. The van der Waals surface area contributed by atoms with Gasteiger partial charge in [0.1, 0.15) is 5.82 Å². The Labute approximate surface area is 192 Å². The summed E-state index contributed by atoms with van der Waals surface area (Å²) in [6.07, 6.45) is 6.41. The molecule has 4 N–H and O–H groups in total. The molecule has 2 aromatic rings. The van der Waals surface area contributed by atoms with Crippen LogP contribution in [0.3, 0.4) is 0 Å². The van der Waals surface area contributed by atoms with Gasteiger partial charge in [-0.25, -0.2) is 9.99 Å². The van der Waals surface area contributed by atoms with Crippen molar-refractivity contribution in [3.63, 3.8) is 0 Å². The van der Waals surface area contributed by atoms with E-state index in [9.17, 15) is 4.79 Å². The van der Waals surface area contributed by atoms with Crippen molar-refractivity contribution < 1.29 is 4.79 Å². The second-order valence-corrected chi connectivity index (χ2v) is 6.85. The van der Waals surface area contributed by atoms with Gasteiger partial charge in [0, 0.05) is 31.7 Å². The zero-order valence-corrected chi connectivity index (χ0v) is 20.5. The van der Waals surface area contributed by atoms with Gasteiger partial charge in [-0.1, -0.05) is 39.8 Å². The first-order valence-electron chi connectivity index (χ1n) is 11.3. The number of aromatic amines is 1. The van der Waals surface area contributed by atoms with E-state index in [-0.39, 0.29) is 17.9 Å². The number of anilines is 1. The lowest BCUT2D eigenvalue weighted by molar-refractivity contribution is -0.118. The van der Waals surface area contributed by atoms with Crippen molar-refractivity contribution in [1.29, 1.82) is 0 Å². The third kappa shape index (κ3) is 7.03. The molecule has 1 amide bonds. The maximum absolute atomic E-state index is 11.2. The Morgan fingerprint density at radius 1 is 1.31 bits per heavy atom. The van der Waals surface area contributed by atoms with E-state index >= 15 is 0 Å². The van der Waals surface area contributed by atoms with E-state index in [0.29, 0.717) is 12.4 Å². The van der Waals surface area contributed by atoms with Crippen LogP contribution in [0, 0.1) is 5.92 Å². The Hall–Kier alpha value is -2.97. The van der Waals surface area contributed by atoms with E-state index in [1.165, 1.54) is 12.5 Å².